The largest absolute Gasteiger partial charge is 0.315 e. The van der Waals surface area contributed by atoms with Crippen LogP contribution in [-0.4, -0.2) is 75.6 Å². The van der Waals surface area contributed by atoms with E-state index in [-0.39, 0.29) is 0 Å². The Bertz CT molecular complexity index is 278. The standard InChI is InChI=1S/C14H27B2N3/c1-3-12(2)18-9-4-13(5-10-18)19-11-8-17-7-6-14(19,15)16/h12-13,17H,3-11H2,1-2H3/t12-/m1/s1. The van der Waals surface area contributed by atoms with E-state index >= 15 is 0 Å². The summed E-state index contributed by atoms with van der Waals surface area (Å²) in [5.41, 5.74) is 0. The summed E-state index contributed by atoms with van der Waals surface area (Å²) >= 11 is 0. The van der Waals surface area contributed by atoms with Crippen molar-refractivity contribution in [3.63, 3.8) is 0 Å². The lowest BCUT2D eigenvalue weighted by atomic mass is 9.58. The summed E-state index contributed by atoms with van der Waals surface area (Å²) in [6.45, 7) is 9.85. The Balaban J connectivity index is 1.92. The maximum Gasteiger partial charge on any atom is 0.0825 e. The van der Waals surface area contributed by atoms with Gasteiger partial charge in [0.2, 0.25) is 0 Å². The molecule has 2 saturated heterocycles. The number of likely N-dealkylation sites (tertiary alicyclic amines) is 1. The molecule has 4 radical (unpaired) electrons. The maximum atomic E-state index is 6.32. The van der Waals surface area contributed by atoms with Gasteiger partial charge in [-0.1, -0.05) is 12.3 Å². The van der Waals surface area contributed by atoms with Gasteiger partial charge in [-0.3, -0.25) is 0 Å². The van der Waals surface area contributed by atoms with Crippen LogP contribution in [0.5, 0.6) is 0 Å². The van der Waals surface area contributed by atoms with E-state index in [1.807, 2.05) is 0 Å². The minimum Gasteiger partial charge on any atom is -0.315 e. The molecule has 2 rings (SSSR count). The Labute approximate surface area is 121 Å². The lowest BCUT2D eigenvalue weighted by Crippen LogP contribution is -2.58. The summed E-state index contributed by atoms with van der Waals surface area (Å²) in [6.07, 6.45) is 4.45. The SMILES string of the molecule is [B]C1([B])CCNCCN1C1CCN([C@H](C)CC)CC1. The molecular formula is C14H27B2N3. The van der Waals surface area contributed by atoms with Crippen LogP contribution in [0.15, 0.2) is 0 Å². The van der Waals surface area contributed by atoms with Gasteiger partial charge < -0.3 is 15.1 Å². The number of piperidine rings is 1. The first-order chi connectivity index (χ1) is 9.04. The Morgan fingerprint density at radius 3 is 2.53 bits per heavy atom. The Hall–Kier alpha value is 0.00987. The van der Waals surface area contributed by atoms with Crippen molar-refractivity contribution in [1.29, 1.82) is 0 Å². The molecule has 0 amide bonds. The number of nitrogens with zero attached hydrogens (tertiary/aromatic N) is 2. The average Bonchev–Trinajstić information content (AvgIpc) is 2.59. The zero-order valence-corrected chi connectivity index (χ0v) is 12.6. The van der Waals surface area contributed by atoms with E-state index in [9.17, 15) is 0 Å². The Kier molecular flexibility index (Phi) is 5.38. The van der Waals surface area contributed by atoms with Crippen molar-refractivity contribution in [2.75, 3.05) is 32.7 Å². The van der Waals surface area contributed by atoms with Crippen LogP contribution >= 0.6 is 0 Å². The van der Waals surface area contributed by atoms with Crippen LogP contribution in [-0.2, 0) is 0 Å². The van der Waals surface area contributed by atoms with E-state index in [0.717, 1.165) is 26.1 Å². The van der Waals surface area contributed by atoms with Crippen molar-refractivity contribution >= 4 is 15.7 Å². The van der Waals surface area contributed by atoms with Gasteiger partial charge in [-0.2, -0.15) is 0 Å². The van der Waals surface area contributed by atoms with Crippen LogP contribution in [0, 0.1) is 0 Å². The van der Waals surface area contributed by atoms with Gasteiger partial charge in [0.1, 0.15) is 0 Å². The second-order valence-electron chi connectivity index (χ2n) is 6.21. The molecule has 2 aliphatic rings. The van der Waals surface area contributed by atoms with E-state index in [1.54, 1.807) is 0 Å². The summed E-state index contributed by atoms with van der Waals surface area (Å²) in [4.78, 5) is 4.95. The van der Waals surface area contributed by atoms with Crippen LogP contribution in [0.25, 0.3) is 0 Å². The van der Waals surface area contributed by atoms with Crippen molar-refractivity contribution in [2.45, 2.75) is 57.0 Å². The van der Waals surface area contributed by atoms with Gasteiger partial charge in [0.05, 0.1) is 15.7 Å². The second kappa shape index (κ2) is 6.64. The van der Waals surface area contributed by atoms with Crippen molar-refractivity contribution in [3.05, 3.63) is 0 Å². The molecule has 0 unspecified atom stereocenters. The molecule has 2 fully saturated rings. The Morgan fingerprint density at radius 1 is 1.21 bits per heavy atom. The molecule has 19 heavy (non-hydrogen) atoms. The fourth-order valence-corrected chi connectivity index (χ4v) is 3.38. The quantitative estimate of drug-likeness (QED) is 0.746. The summed E-state index contributed by atoms with van der Waals surface area (Å²) in [7, 11) is 12.6. The van der Waals surface area contributed by atoms with Crippen molar-refractivity contribution in [3.8, 4) is 0 Å². The third-order valence-electron chi connectivity index (χ3n) is 4.92. The van der Waals surface area contributed by atoms with Gasteiger partial charge in [-0.15, -0.1) is 0 Å². The highest BCUT2D eigenvalue weighted by Crippen LogP contribution is 2.25. The topological polar surface area (TPSA) is 18.5 Å². The highest BCUT2D eigenvalue weighted by Gasteiger charge is 2.34. The molecule has 0 bridgehead atoms. The van der Waals surface area contributed by atoms with E-state index in [4.69, 9.17) is 15.7 Å². The Morgan fingerprint density at radius 2 is 1.89 bits per heavy atom. The zero-order chi connectivity index (χ0) is 13.9. The van der Waals surface area contributed by atoms with Crippen molar-refractivity contribution < 1.29 is 0 Å². The molecule has 5 heteroatoms. The van der Waals surface area contributed by atoms with Crippen LogP contribution in [0.4, 0.5) is 0 Å². The molecule has 0 aromatic heterocycles. The number of hydrogen-bond acceptors (Lipinski definition) is 3. The predicted molar refractivity (Wildman–Crippen MR) is 82.8 cm³/mol. The van der Waals surface area contributed by atoms with Gasteiger partial charge in [0, 0.05) is 25.2 Å². The molecule has 0 aromatic rings. The smallest absolute Gasteiger partial charge is 0.0825 e. The van der Waals surface area contributed by atoms with Gasteiger partial charge in [0.25, 0.3) is 0 Å². The molecule has 1 atom stereocenters. The molecule has 1 N–H and O–H groups in total. The first-order valence-corrected chi connectivity index (χ1v) is 7.84. The maximum absolute atomic E-state index is 6.32. The minimum absolute atomic E-state index is 0.551. The molecule has 3 nitrogen and oxygen atoms in total. The fraction of sp³-hybridized carbons (Fsp3) is 1.00. The third kappa shape index (κ3) is 3.77. The molecule has 2 heterocycles. The third-order valence-corrected chi connectivity index (χ3v) is 4.92. The molecule has 0 aromatic carbocycles. The van der Waals surface area contributed by atoms with E-state index in [0.29, 0.717) is 12.1 Å². The van der Waals surface area contributed by atoms with E-state index < -0.39 is 5.34 Å². The van der Waals surface area contributed by atoms with Crippen LogP contribution in [0.2, 0.25) is 0 Å². The summed E-state index contributed by atoms with van der Waals surface area (Å²) in [5, 5.41) is 2.76. The summed E-state index contributed by atoms with van der Waals surface area (Å²) in [6, 6.07) is 1.25. The first-order valence-electron chi connectivity index (χ1n) is 7.84. The zero-order valence-electron chi connectivity index (χ0n) is 12.6. The molecule has 0 saturated carbocycles. The number of rotatable bonds is 3. The summed E-state index contributed by atoms with van der Waals surface area (Å²) < 4.78 is 0. The van der Waals surface area contributed by atoms with Gasteiger partial charge >= 0.3 is 0 Å². The normalized spacial score (nSPS) is 28.9. The van der Waals surface area contributed by atoms with E-state index in [1.165, 1.54) is 32.4 Å². The van der Waals surface area contributed by atoms with Gasteiger partial charge in [-0.05, 0) is 52.2 Å². The highest BCUT2D eigenvalue weighted by molar-refractivity contribution is 6.40. The minimum atomic E-state index is -0.632. The molecule has 104 valence electrons. The van der Waals surface area contributed by atoms with Crippen LogP contribution < -0.4 is 5.32 Å². The van der Waals surface area contributed by atoms with Crippen molar-refractivity contribution in [1.82, 2.24) is 15.1 Å². The lowest BCUT2D eigenvalue weighted by molar-refractivity contribution is 0.0721. The van der Waals surface area contributed by atoms with Gasteiger partial charge in [0.15, 0.2) is 0 Å². The predicted octanol–water partition coefficient (Wildman–Crippen LogP) is 0.535. The number of nitrogens with one attached hydrogen (secondary N) is 1. The van der Waals surface area contributed by atoms with Crippen LogP contribution in [0.1, 0.15) is 39.5 Å². The molecule has 0 spiro atoms. The lowest BCUT2D eigenvalue weighted by Gasteiger charge is -2.47. The summed E-state index contributed by atoms with van der Waals surface area (Å²) in [5.74, 6) is 0. The second-order valence-corrected chi connectivity index (χ2v) is 6.21. The molecule has 0 aliphatic carbocycles. The fourth-order valence-electron chi connectivity index (χ4n) is 3.38. The molecule has 2 aliphatic heterocycles. The van der Waals surface area contributed by atoms with E-state index in [2.05, 4.69) is 29.0 Å². The highest BCUT2D eigenvalue weighted by atomic mass is 15.2. The average molecular weight is 259 g/mol. The van der Waals surface area contributed by atoms with Gasteiger partial charge in [-0.25, -0.2) is 0 Å². The first kappa shape index (κ1) is 15.4. The van der Waals surface area contributed by atoms with Crippen LogP contribution in [0.3, 0.4) is 0 Å². The number of hydrogen-bond donors (Lipinski definition) is 1. The monoisotopic (exact) mass is 259 g/mol. The van der Waals surface area contributed by atoms with Crippen molar-refractivity contribution in [2.24, 2.45) is 0 Å². The molecular weight excluding hydrogens is 232 g/mol.